The van der Waals surface area contributed by atoms with Crippen LogP contribution < -0.4 is 4.74 Å². The second kappa shape index (κ2) is 10.6. The molecule has 1 unspecified atom stereocenters. The number of halogens is 1. The molecule has 2 aromatic rings. The van der Waals surface area contributed by atoms with Crippen molar-refractivity contribution < 1.29 is 24.2 Å². The molecule has 180 valence electrons. The Balaban J connectivity index is 1.68. The Bertz CT molecular complexity index is 1090. The minimum Gasteiger partial charge on any atom is -0.507 e. The number of ketones is 1. The molecule has 1 N–H and O–H groups in total. The molecule has 2 saturated heterocycles. The molecule has 0 radical (unpaired) electrons. The van der Waals surface area contributed by atoms with E-state index in [1.54, 1.807) is 54.5 Å². The molecule has 0 bridgehead atoms. The Hall–Kier alpha value is -2.87. The first-order chi connectivity index (χ1) is 16.4. The van der Waals surface area contributed by atoms with Crippen molar-refractivity contribution in [2.75, 3.05) is 46.5 Å². The summed E-state index contributed by atoms with van der Waals surface area (Å²) in [5.74, 6) is -0.805. The normalized spacial score (nSPS) is 20.7. The number of aliphatic hydroxyl groups excluding tert-OH is 1. The Morgan fingerprint density at radius 3 is 2.47 bits per heavy atom. The van der Waals surface area contributed by atoms with E-state index >= 15 is 0 Å². The smallest absolute Gasteiger partial charge is 0.295 e. The van der Waals surface area contributed by atoms with Gasteiger partial charge in [-0.25, -0.2) is 0 Å². The number of hydrogen-bond acceptors (Lipinski definition) is 6. The van der Waals surface area contributed by atoms with E-state index in [-0.39, 0.29) is 11.3 Å². The lowest BCUT2D eigenvalue weighted by atomic mass is 9.94. The number of ether oxygens (including phenoxy) is 2. The maximum Gasteiger partial charge on any atom is 0.295 e. The van der Waals surface area contributed by atoms with Crippen molar-refractivity contribution in [3.63, 3.8) is 0 Å². The summed E-state index contributed by atoms with van der Waals surface area (Å²) in [5, 5.41) is 11.8. The fourth-order valence-corrected chi connectivity index (χ4v) is 4.70. The third-order valence-corrected chi connectivity index (χ3v) is 6.62. The third-order valence-electron chi connectivity index (χ3n) is 6.37. The summed E-state index contributed by atoms with van der Waals surface area (Å²) >= 11 is 6.09. The third kappa shape index (κ3) is 4.97. The highest BCUT2D eigenvalue weighted by Crippen LogP contribution is 2.40. The number of nitrogens with zero attached hydrogens (tertiary/aromatic N) is 2. The van der Waals surface area contributed by atoms with Crippen molar-refractivity contribution in [2.45, 2.75) is 19.4 Å². The standard InChI is InChI=1S/C26H29ClN2O5/c1-17-16-19(6-9-21(17)33-2)24(30)22-23(18-4-7-20(27)8-5-18)29(26(32)25(22)31)11-3-10-28-12-14-34-15-13-28/h4-9,16,23,30H,3,10-15H2,1-2H3. The molecule has 34 heavy (non-hydrogen) atoms. The van der Waals surface area contributed by atoms with Crippen LogP contribution in [0.3, 0.4) is 0 Å². The van der Waals surface area contributed by atoms with Gasteiger partial charge in [0, 0.05) is 36.8 Å². The van der Waals surface area contributed by atoms with E-state index in [9.17, 15) is 14.7 Å². The topological polar surface area (TPSA) is 79.3 Å². The number of carbonyl (C=O) groups excluding carboxylic acids is 2. The maximum absolute atomic E-state index is 13.2. The predicted octanol–water partition coefficient (Wildman–Crippen LogP) is 3.80. The number of benzene rings is 2. The number of hydrogen-bond donors (Lipinski definition) is 1. The summed E-state index contributed by atoms with van der Waals surface area (Å²) in [6.45, 7) is 6.18. The fourth-order valence-electron chi connectivity index (χ4n) is 4.57. The molecule has 4 rings (SSSR count). The Labute approximate surface area is 204 Å². The van der Waals surface area contributed by atoms with Crippen molar-refractivity contribution in [2.24, 2.45) is 0 Å². The van der Waals surface area contributed by atoms with Gasteiger partial charge < -0.3 is 19.5 Å². The van der Waals surface area contributed by atoms with Crippen LogP contribution in [0.2, 0.25) is 5.02 Å². The number of methoxy groups -OCH3 is 1. The quantitative estimate of drug-likeness (QED) is 0.366. The van der Waals surface area contributed by atoms with Crippen LogP contribution in [0.4, 0.5) is 0 Å². The Morgan fingerprint density at radius 1 is 1.12 bits per heavy atom. The van der Waals surface area contributed by atoms with Crippen molar-refractivity contribution in [1.82, 2.24) is 9.80 Å². The van der Waals surface area contributed by atoms with Crippen LogP contribution in [0.5, 0.6) is 5.75 Å². The first kappa shape index (κ1) is 24.3. The van der Waals surface area contributed by atoms with Gasteiger partial charge in [-0.15, -0.1) is 0 Å². The molecule has 0 spiro atoms. The van der Waals surface area contributed by atoms with Crippen molar-refractivity contribution >= 4 is 29.1 Å². The highest BCUT2D eigenvalue weighted by Gasteiger charge is 2.45. The number of morpholine rings is 1. The van der Waals surface area contributed by atoms with Crippen molar-refractivity contribution in [1.29, 1.82) is 0 Å². The van der Waals surface area contributed by atoms with E-state index in [1.807, 2.05) is 6.92 Å². The molecule has 0 saturated carbocycles. The summed E-state index contributed by atoms with van der Waals surface area (Å²) in [6, 6.07) is 11.5. The first-order valence-electron chi connectivity index (χ1n) is 11.4. The first-order valence-corrected chi connectivity index (χ1v) is 11.8. The van der Waals surface area contributed by atoms with Crippen molar-refractivity contribution in [3.8, 4) is 5.75 Å². The van der Waals surface area contributed by atoms with E-state index in [0.29, 0.717) is 42.5 Å². The van der Waals surface area contributed by atoms with Crippen LogP contribution in [0, 0.1) is 6.92 Å². The van der Waals surface area contributed by atoms with E-state index in [0.717, 1.165) is 30.8 Å². The maximum atomic E-state index is 13.2. The average Bonchev–Trinajstić information content (AvgIpc) is 3.09. The van der Waals surface area contributed by atoms with E-state index < -0.39 is 17.7 Å². The number of likely N-dealkylation sites (tertiary alicyclic amines) is 1. The van der Waals surface area contributed by atoms with Gasteiger partial charge in [-0.2, -0.15) is 0 Å². The SMILES string of the molecule is COc1ccc(C(O)=C2C(=O)C(=O)N(CCCN3CCOCC3)C2c2ccc(Cl)cc2)cc1C. The molecule has 0 aliphatic carbocycles. The van der Waals surface area contributed by atoms with Gasteiger partial charge >= 0.3 is 0 Å². The van der Waals surface area contributed by atoms with Crippen LogP contribution in [0.1, 0.15) is 29.2 Å². The zero-order valence-electron chi connectivity index (χ0n) is 19.4. The molecule has 1 atom stereocenters. The fraction of sp³-hybridized carbons (Fsp3) is 0.385. The van der Waals surface area contributed by atoms with Gasteiger partial charge in [0.15, 0.2) is 0 Å². The van der Waals surface area contributed by atoms with Crippen LogP contribution in [0.25, 0.3) is 5.76 Å². The van der Waals surface area contributed by atoms with Crippen molar-refractivity contribution in [3.05, 3.63) is 69.8 Å². The van der Waals surface area contributed by atoms with Crippen LogP contribution >= 0.6 is 11.6 Å². The molecule has 2 fully saturated rings. The van der Waals surface area contributed by atoms with Crippen LogP contribution in [-0.2, 0) is 14.3 Å². The molecular formula is C26H29ClN2O5. The lowest BCUT2D eigenvalue weighted by Gasteiger charge is -2.29. The Morgan fingerprint density at radius 2 is 1.82 bits per heavy atom. The summed E-state index contributed by atoms with van der Waals surface area (Å²) in [5.41, 5.74) is 2.09. The second-order valence-corrected chi connectivity index (χ2v) is 8.97. The zero-order chi connectivity index (χ0) is 24.2. The van der Waals surface area contributed by atoms with Gasteiger partial charge in [0.25, 0.3) is 11.7 Å². The van der Waals surface area contributed by atoms with Gasteiger partial charge in [-0.1, -0.05) is 23.7 Å². The summed E-state index contributed by atoms with van der Waals surface area (Å²) in [4.78, 5) is 30.1. The van der Waals surface area contributed by atoms with E-state index in [4.69, 9.17) is 21.1 Å². The number of aliphatic hydroxyl groups is 1. The Kier molecular flexibility index (Phi) is 7.56. The minimum atomic E-state index is -0.690. The lowest BCUT2D eigenvalue weighted by Crippen LogP contribution is -2.38. The average molecular weight is 485 g/mol. The minimum absolute atomic E-state index is 0.0864. The largest absolute Gasteiger partial charge is 0.507 e. The predicted molar refractivity (Wildman–Crippen MR) is 130 cm³/mol. The van der Waals surface area contributed by atoms with Crippen LogP contribution in [0.15, 0.2) is 48.0 Å². The number of carbonyl (C=O) groups is 2. The van der Waals surface area contributed by atoms with Gasteiger partial charge in [-0.3, -0.25) is 14.5 Å². The lowest BCUT2D eigenvalue weighted by molar-refractivity contribution is -0.140. The van der Waals surface area contributed by atoms with Gasteiger partial charge in [0.1, 0.15) is 11.5 Å². The van der Waals surface area contributed by atoms with Gasteiger partial charge in [0.2, 0.25) is 0 Å². The monoisotopic (exact) mass is 484 g/mol. The van der Waals surface area contributed by atoms with Gasteiger partial charge in [0.05, 0.1) is 31.9 Å². The summed E-state index contributed by atoms with van der Waals surface area (Å²) < 4.78 is 10.7. The highest BCUT2D eigenvalue weighted by molar-refractivity contribution is 6.46. The number of Topliss-reactive ketones (excluding diaryl/α,β-unsaturated/α-hetero) is 1. The summed E-state index contributed by atoms with van der Waals surface area (Å²) in [6.07, 6.45) is 0.707. The molecule has 2 heterocycles. The van der Waals surface area contributed by atoms with E-state index in [1.165, 1.54) is 0 Å². The number of aryl methyl sites for hydroxylation is 1. The zero-order valence-corrected chi connectivity index (χ0v) is 20.2. The molecular weight excluding hydrogens is 456 g/mol. The molecule has 8 heteroatoms. The van der Waals surface area contributed by atoms with Crippen LogP contribution in [-0.4, -0.2) is 73.1 Å². The van der Waals surface area contributed by atoms with E-state index in [2.05, 4.69) is 4.90 Å². The number of rotatable bonds is 7. The molecule has 0 aromatic heterocycles. The molecule has 1 amide bonds. The highest BCUT2D eigenvalue weighted by atomic mass is 35.5. The second-order valence-electron chi connectivity index (χ2n) is 8.54. The molecule has 2 aliphatic heterocycles. The molecule has 2 aliphatic rings. The molecule has 7 nitrogen and oxygen atoms in total. The molecule has 2 aromatic carbocycles. The summed E-state index contributed by atoms with van der Waals surface area (Å²) in [7, 11) is 1.57. The number of amides is 1. The van der Waals surface area contributed by atoms with Gasteiger partial charge in [-0.05, 0) is 54.8 Å².